The second-order valence-electron chi connectivity index (χ2n) is 4.10. The number of aryl methyl sites for hydroxylation is 1. The van der Waals surface area contributed by atoms with Crippen LogP contribution in [0.1, 0.15) is 5.56 Å². The van der Waals surface area contributed by atoms with E-state index in [-0.39, 0.29) is 5.56 Å². The largest absolute Gasteiger partial charge is 0.398 e. The van der Waals surface area contributed by atoms with E-state index in [0.717, 1.165) is 16.5 Å². The van der Waals surface area contributed by atoms with Crippen molar-refractivity contribution < 1.29 is 4.74 Å². The number of hydrogen-bond acceptors (Lipinski definition) is 3. The molecule has 0 aliphatic heterocycles. The Morgan fingerprint density at radius 1 is 1.35 bits per heavy atom. The lowest BCUT2D eigenvalue weighted by Crippen LogP contribution is -2.22. The Morgan fingerprint density at radius 3 is 2.82 bits per heavy atom. The van der Waals surface area contributed by atoms with Gasteiger partial charge in [0.25, 0.3) is 5.56 Å². The first kappa shape index (κ1) is 11.7. The monoisotopic (exact) mass is 232 g/mol. The molecule has 1 heterocycles. The number of pyridine rings is 1. The summed E-state index contributed by atoms with van der Waals surface area (Å²) in [6.07, 6.45) is 0. The van der Waals surface area contributed by atoms with Gasteiger partial charge in [0.1, 0.15) is 0 Å². The van der Waals surface area contributed by atoms with Crippen LogP contribution < -0.4 is 11.3 Å². The van der Waals surface area contributed by atoms with Crippen molar-refractivity contribution in [2.45, 2.75) is 13.5 Å². The third-order valence-electron chi connectivity index (χ3n) is 2.82. The molecule has 0 unspecified atom stereocenters. The summed E-state index contributed by atoms with van der Waals surface area (Å²) in [6, 6.07) is 7.38. The molecule has 2 aromatic rings. The molecule has 2 N–H and O–H groups in total. The quantitative estimate of drug-likeness (QED) is 0.873. The molecule has 17 heavy (non-hydrogen) atoms. The number of anilines is 1. The number of nitrogens with two attached hydrogens (primary N) is 1. The summed E-state index contributed by atoms with van der Waals surface area (Å²) >= 11 is 0. The maximum Gasteiger partial charge on any atom is 0.253 e. The molecule has 0 bridgehead atoms. The number of ether oxygens (including phenoxy) is 1. The second-order valence-corrected chi connectivity index (χ2v) is 4.10. The lowest BCUT2D eigenvalue weighted by molar-refractivity contribution is 0.187. The topological polar surface area (TPSA) is 57.2 Å². The molecule has 0 aliphatic rings. The molecule has 0 aliphatic carbocycles. The van der Waals surface area contributed by atoms with Gasteiger partial charge in [0.05, 0.1) is 12.1 Å². The molecular weight excluding hydrogens is 216 g/mol. The average Bonchev–Trinajstić information content (AvgIpc) is 2.28. The van der Waals surface area contributed by atoms with Gasteiger partial charge in [-0.05, 0) is 18.6 Å². The van der Waals surface area contributed by atoms with Crippen molar-refractivity contribution in [3.63, 3.8) is 0 Å². The zero-order valence-corrected chi connectivity index (χ0v) is 10.1. The Hall–Kier alpha value is -1.81. The molecule has 2 rings (SSSR count). The third-order valence-corrected chi connectivity index (χ3v) is 2.82. The zero-order chi connectivity index (χ0) is 12.4. The highest BCUT2D eigenvalue weighted by Gasteiger charge is 2.06. The zero-order valence-electron chi connectivity index (χ0n) is 10.1. The number of nitrogen functional groups attached to an aromatic ring is 1. The van der Waals surface area contributed by atoms with Crippen LogP contribution in [0.3, 0.4) is 0 Å². The van der Waals surface area contributed by atoms with E-state index in [1.807, 2.05) is 25.1 Å². The van der Waals surface area contributed by atoms with Crippen LogP contribution in [0.4, 0.5) is 5.69 Å². The van der Waals surface area contributed by atoms with E-state index in [1.54, 1.807) is 11.7 Å². The summed E-state index contributed by atoms with van der Waals surface area (Å²) in [7, 11) is 1.62. The van der Waals surface area contributed by atoms with Crippen LogP contribution in [0.2, 0.25) is 0 Å². The van der Waals surface area contributed by atoms with E-state index < -0.39 is 0 Å². The molecule has 1 aromatic heterocycles. The highest BCUT2D eigenvalue weighted by atomic mass is 16.5. The molecule has 4 nitrogen and oxygen atoms in total. The van der Waals surface area contributed by atoms with Crippen molar-refractivity contribution in [3.8, 4) is 0 Å². The fraction of sp³-hybridized carbons (Fsp3) is 0.308. The van der Waals surface area contributed by atoms with Gasteiger partial charge >= 0.3 is 0 Å². The molecule has 4 heteroatoms. The van der Waals surface area contributed by atoms with Gasteiger partial charge in [-0.3, -0.25) is 4.79 Å². The standard InChI is InChI=1S/C13H16N2O2/c1-9-3-4-10-11(14)8-13(16)15(5-6-17-2)12(10)7-9/h3-4,7-8H,5-6,14H2,1-2H3. The predicted molar refractivity (Wildman–Crippen MR) is 69.2 cm³/mol. The van der Waals surface area contributed by atoms with Gasteiger partial charge in [-0.25, -0.2) is 0 Å². The Kier molecular flexibility index (Phi) is 3.15. The van der Waals surface area contributed by atoms with Crippen molar-refractivity contribution in [1.29, 1.82) is 0 Å². The van der Waals surface area contributed by atoms with E-state index >= 15 is 0 Å². The van der Waals surface area contributed by atoms with Crippen LogP contribution in [0, 0.1) is 6.92 Å². The van der Waals surface area contributed by atoms with E-state index in [2.05, 4.69) is 0 Å². The number of nitrogens with zero attached hydrogens (tertiary/aromatic N) is 1. The number of fused-ring (bicyclic) bond motifs is 1. The Labute approximate surface area is 99.6 Å². The molecule has 0 atom stereocenters. The smallest absolute Gasteiger partial charge is 0.253 e. The number of benzene rings is 1. The van der Waals surface area contributed by atoms with Crippen LogP contribution >= 0.6 is 0 Å². The molecule has 0 fully saturated rings. The van der Waals surface area contributed by atoms with Crippen molar-refractivity contribution in [1.82, 2.24) is 4.57 Å². The Bertz CT molecular complexity index is 602. The minimum Gasteiger partial charge on any atom is -0.398 e. The van der Waals surface area contributed by atoms with E-state index in [9.17, 15) is 4.79 Å². The molecular formula is C13H16N2O2. The van der Waals surface area contributed by atoms with Gasteiger partial charge in [0.2, 0.25) is 0 Å². The summed E-state index contributed by atoms with van der Waals surface area (Å²) in [4.78, 5) is 11.9. The van der Waals surface area contributed by atoms with Gasteiger partial charge in [-0.1, -0.05) is 12.1 Å². The maximum atomic E-state index is 11.9. The number of aromatic nitrogens is 1. The van der Waals surface area contributed by atoms with Crippen LogP contribution in [0.5, 0.6) is 0 Å². The number of rotatable bonds is 3. The van der Waals surface area contributed by atoms with Gasteiger partial charge in [0, 0.05) is 30.8 Å². The first-order valence-electron chi connectivity index (χ1n) is 5.52. The van der Waals surface area contributed by atoms with Gasteiger partial charge in [-0.15, -0.1) is 0 Å². The highest BCUT2D eigenvalue weighted by molar-refractivity contribution is 5.90. The Morgan fingerprint density at radius 2 is 2.12 bits per heavy atom. The summed E-state index contributed by atoms with van der Waals surface area (Å²) in [5.41, 5.74) is 8.27. The molecule has 90 valence electrons. The molecule has 0 saturated heterocycles. The fourth-order valence-corrected chi connectivity index (χ4v) is 1.93. The minimum absolute atomic E-state index is 0.0855. The van der Waals surface area contributed by atoms with Crippen LogP contribution in [0.25, 0.3) is 10.9 Å². The highest BCUT2D eigenvalue weighted by Crippen LogP contribution is 2.20. The van der Waals surface area contributed by atoms with Crippen molar-refractivity contribution in [2.75, 3.05) is 19.5 Å². The minimum atomic E-state index is -0.0855. The summed E-state index contributed by atoms with van der Waals surface area (Å²) < 4.78 is 6.72. The summed E-state index contributed by atoms with van der Waals surface area (Å²) in [5, 5.41) is 0.909. The maximum absolute atomic E-state index is 11.9. The van der Waals surface area contributed by atoms with Gasteiger partial charge < -0.3 is 15.0 Å². The average molecular weight is 232 g/mol. The Balaban J connectivity index is 2.71. The van der Waals surface area contributed by atoms with Crippen LogP contribution in [-0.2, 0) is 11.3 Å². The number of methoxy groups -OCH3 is 1. The first-order valence-corrected chi connectivity index (χ1v) is 5.52. The van der Waals surface area contributed by atoms with Crippen molar-refractivity contribution in [3.05, 3.63) is 40.2 Å². The lowest BCUT2D eigenvalue weighted by Gasteiger charge is -2.11. The molecule has 0 saturated carbocycles. The third kappa shape index (κ3) is 2.17. The van der Waals surface area contributed by atoms with Crippen LogP contribution in [-0.4, -0.2) is 18.3 Å². The van der Waals surface area contributed by atoms with E-state index in [4.69, 9.17) is 10.5 Å². The second kappa shape index (κ2) is 4.59. The SMILES string of the molecule is COCCn1c(=O)cc(N)c2ccc(C)cc21. The molecule has 0 radical (unpaired) electrons. The van der Waals surface area contributed by atoms with Crippen molar-refractivity contribution >= 4 is 16.6 Å². The van der Waals surface area contributed by atoms with Gasteiger partial charge in [-0.2, -0.15) is 0 Å². The number of hydrogen-bond donors (Lipinski definition) is 1. The van der Waals surface area contributed by atoms with E-state index in [0.29, 0.717) is 18.8 Å². The summed E-state index contributed by atoms with van der Waals surface area (Å²) in [6.45, 7) is 3.04. The van der Waals surface area contributed by atoms with Gasteiger partial charge in [0.15, 0.2) is 0 Å². The molecule has 1 aromatic carbocycles. The van der Waals surface area contributed by atoms with Crippen molar-refractivity contribution in [2.24, 2.45) is 0 Å². The fourth-order valence-electron chi connectivity index (χ4n) is 1.93. The first-order chi connectivity index (χ1) is 8.13. The normalized spacial score (nSPS) is 10.9. The van der Waals surface area contributed by atoms with Crippen LogP contribution in [0.15, 0.2) is 29.1 Å². The summed E-state index contributed by atoms with van der Waals surface area (Å²) in [5.74, 6) is 0. The van der Waals surface area contributed by atoms with E-state index in [1.165, 1.54) is 6.07 Å². The predicted octanol–water partition coefficient (Wildman–Crippen LogP) is 1.54. The molecule has 0 spiro atoms. The molecule has 0 amide bonds. The lowest BCUT2D eigenvalue weighted by atomic mass is 10.1.